The Labute approximate surface area is 129 Å². The molecule has 1 aliphatic carbocycles. The summed E-state index contributed by atoms with van der Waals surface area (Å²) in [5.74, 6) is 0.227. The van der Waals surface area contributed by atoms with Crippen molar-refractivity contribution < 1.29 is 12.6 Å². The molecule has 0 heterocycles. The average molecular weight is 319 g/mol. The van der Waals surface area contributed by atoms with Crippen LogP contribution < -0.4 is 0 Å². The third kappa shape index (κ3) is 8.96. The molecule has 1 fully saturated rings. The van der Waals surface area contributed by atoms with Gasteiger partial charge in [0.05, 0.1) is 12.4 Å². The van der Waals surface area contributed by atoms with Crippen molar-refractivity contribution in [2.45, 2.75) is 77.9 Å². The van der Waals surface area contributed by atoms with Crippen molar-refractivity contribution in [3.05, 3.63) is 10.4 Å². The number of hydrogen-bond acceptors (Lipinski definition) is 4. The van der Waals surface area contributed by atoms with Gasteiger partial charge < -0.3 is 0 Å². The Morgan fingerprint density at radius 1 is 1.29 bits per heavy atom. The summed E-state index contributed by atoms with van der Waals surface area (Å²) in [6.45, 7) is 5.91. The molecule has 3 atom stereocenters. The summed E-state index contributed by atoms with van der Waals surface area (Å²) in [4.78, 5) is 2.92. The summed E-state index contributed by atoms with van der Waals surface area (Å²) < 4.78 is 27.5. The van der Waals surface area contributed by atoms with E-state index in [-0.39, 0.29) is 18.1 Å². The molecule has 6 nitrogen and oxygen atoms in total. The molecule has 0 N–H and O–H groups in total. The van der Waals surface area contributed by atoms with E-state index < -0.39 is 10.1 Å². The Morgan fingerprint density at radius 2 is 1.90 bits per heavy atom. The molecule has 0 unspecified atom stereocenters. The molecular weight excluding hydrogens is 290 g/mol. The lowest BCUT2D eigenvalue weighted by atomic mass is 9.89. The lowest BCUT2D eigenvalue weighted by Gasteiger charge is -2.25. The van der Waals surface area contributed by atoms with Crippen molar-refractivity contribution >= 4 is 10.1 Å². The van der Waals surface area contributed by atoms with Crippen LogP contribution in [-0.2, 0) is 14.3 Å². The van der Waals surface area contributed by atoms with Gasteiger partial charge in [0.15, 0.2) is 0 Å². The van der Waals surface area contributed by atoms with E-state index in [1.165, 1.54) is 0 Å². The maximum absolute atomic E-state index is 11.2. The van der Waals surface area contributed by atoms with Crippen LogP contribution in [-0.4, -0.2) is 26.8 Å². The highest BCUT2D eigenvalue weighted by Crippen LogP contribution is 2.31. The van der Waals surface area contributed by atoms with Gasteiger partial charge >= 0.3 is 0 Å². The van der Waals surface area contributed by atoms with Gasteiger partial charge in [-0.05, 0) is 37.1 Å². The zero-order valence-corrected chi connectivity index (χ0v) is 14.5. The van der Waals surface area contributed by atoms with E-state index in [0.29, 0.717) is 12.8 Å². The fourth-order valence-corrected chi connectivity index (χ4v) is 3.43. The van der Waals surface area contributed by atoms with Crippen LogP contribution >= 0.6 is 0 Å². The van der Waals surface area contributed by atoms with Crippen LogP contribution in [0, 0.1) is 5.92 Å². The van der Waals surface area contributed by atoms with E-state index >= 15 is 0 Å². The maximum atomic E-state index is 11.2. The molecule has 1 aliphatic rings. The highest BCUT2D eigenvalue weighted by molar-refractivity contribution is 7.86. The molecule has 0 aromatic heterocycles. The fourth-order valence-electron chi connectivity index (χ4n) is 2.72. The van der Waals surface area contributed by atoms with Crippen molar-refractivity contribution in [2.75, 3.05) is 6.26 Å². The summed E-state index contributed by atoms with van der Waals surface area (Å²) in [7, 11) is -3.43. The van der Waals surface area contributed by atoms with E-state index in [0.717, 1.165) is 38.4 Å². The monoisotopic (exact) mass is 319 g/mol. The Kier molecular flexibility index (Phi) is 10.5. The molecule has 0 bridgehead atoms. The van der Waals surface area contributed by atoms with Gasteiger partial charge in [-0.25, -0.2) is 0 Å². The molecule has 0 radical (unpaired) electrons. The van der Waals surface area contributed by atoms with Gasteiger partial charge in [-0.15, -0.1) is 0 Å². The summed E-state index contributed by atoms with van der Waals surface area (Å²) in [6, 6.07) is -0.0234. The topological polar surface area (TPSA) is 92.1 Å². The summed E-state index contributed by atoms with van der Waals surface area (Å²) in [5.41, 5.74) is 8.64. The minimum atomic E-state index is -3.43. The van der Waals surface area contributed by atoms with E-state index in [9.17, 15) is 8.42 Å². The van der Waals surface area contributed by atoms with Crippen LogP contribution in [0.2, 0.25) is 0 Å². The largest absolute Gasteiger partial charge is 0.267 e. The number of rotatable bonds is 6. The quantitative estimate of drug-likeness (QED) is 0.238. The molecule has 1 saturated carbocycles. The zero-order valence-electron chi connectivity index (χ0n) is 13.7. The van der Waals surface area contributed by atoms with Gasteiger partial charge in [-0.3, -0.25) is 4.18 Å². The van der Waals surface area contributed by atoms with Crippen molar-refractivity contribution in [1.82, 2.24) is 0 Å². The van der Waals surface area contributed by atoms with Gasteiger partial charge in [0.2, 0.25) is 0 Å². The molecule has 0 amide bonds. The van der Waals surface area contributed by atoms with Gasteiger partial charge in [-0.2, -0.15) is 8.42 Å². The van der Waals surface area contributed by atoms with Crippen molar-refractivity contribution in [3.63, 3.8) is 0 Å². The molecule has 1 rings (SSSR count). The number of azide groups is 1. The van der Waals surface area contributed by atoms with Crippen LogP contribution in [0.3, 0.4) is 0 Å². The molecule has 0 aliphatic heterocycles. The van der Waals surface area contributed by atoms with E-state index in [1.54, 1.807) is 0 Å². The molecule has 7 heteroatoms. The molecule has 0 spiro atoms. The first-order valence-electron chi connectivity index (χ1n) is 7.88. The van der Waals surface area contributed by atoms with E-state index in [1.807, 2.05) is 20.8 Å². The van der Waals surface area contributed by atoms with Crippen LogP contribution in [0.25, 0.3) is 10.4 Å². The highest BCUT2D eigenvalue weighted by atomic mass is 32.2. The average Bonchev–Trinajstić information content (AvgIpc) is 2.65. The first-order valence-corrected chi connectivity index (χ1v) is 9.70. The standard InChI is InChI=1S/C12H23N3O3S.C2H6/c1-3-11(18-19(2,16)17)9-10-7-5-4-6-8-12(10)14-15-13;1-2/h10-12H,3-9H2,1-2H3;1-2H3/t10-,11-,12+;/m0./s1. The molecule has 124 valence electrons. The number of nitrogens with zero attached hydrogens (tertiary/aromatic N) is 3. The second-order valence-corrected chi connectivity index (χ2v) is 6.84. The van der Waals surface area contributed by atoms with Crippen LogP contribution in [0.4, 0.5) is 0 Å². The van der Waals surface area contributed by atoms with Gasteiger partial charge in [0.25, 0.3) is 10.1 Å². The SMILES string of the molecule is CC.CC[C@@H](C[C@@H]1CCCCC[C@H]1N=[N+]=[N-])OS(C)(=O)=O. The lowest BCUT2D eigenvalue weighted by Crippen LogP contribution is -2.25. The zero-order chi connectivity index (χ0) is 16.3. The van der Waals surface area contributed by atoms with Crippen LogP contribution in [0.15, 0.2) is 5.11 Å². The summed E-state index contributed by atoms with van der Waals surface area (Å²) in [6.07, 6.45) is 7.26. The maximum Gasteiger partial charge on any atom is 0.264 e. The molecule has 21 heavy (non-hydrogen) atoms. The predicted octanol–water partition coefficient (Wildman–Crippen LogP) is 4.42. The Morgan fingerprint density at radius 3 is 2.43 bits per heavy atom. The van der Waals surface area contributed by atoms with Crippen molar-refractivity contribution in [2.24, 2.45) is 11.0 Å². The van der Waals surface area contributed by atoms with Crippen LogP contribution in [0.5, 0.6) is 0 Å². The molecule has 0 aromatic carbocycles. The van der Waals surface area contributed by atoms with Gasteiger partial charge in [0, 0.05) is 11.0 Å². The van der Waals surface area contributed by atoms with E-state index in [2.05, 4.69) is 10.0 Å². The van der Waals surface area contributed by atoms with Gasteiger partial charge in [0.1, 0.15) is 0 Å². The molecule has 0 saturated heterocycles. The minimum absolute atomic E-state index is 0.0234. The van der Waals surface area contributed by atoms with E-state index in [4.69, 9.17) is 9.71 Å². The summed E-state index contributed by atoms with van der Waals surface area (Å²) >= 11 is 0. The minimum Gasteiger partial charge on any atom is -0.267 e. The summed E-state index contributed by atoms with van der Waals surface area (Å²) in [5, 5.41) is 3.88. The molecule has 0 aromatic rings. The first kappa shape index (κ1) is 20.2. The van der Waals surface area contributed by atoms with Crippen molar-refractivity contribution in [3.8, 4) is 0 Å². The lowest BCUT2D eigenvalue weighted by molar-refractivity contribution is 0.159. The third-order valence-corrected chi connectivity index (χ3v) is 4.27. The third-order valence-electron chi connectivity index (χ3n) is 3.65. The second kappa shape index (κ2) is 10.9. The Bertz CT molecular complexity index is 419. The predicted molar refractivity (Wildman–Crippen MR) is 85.5 cm³/mol. The normalized spacial score (nSPS) is 24.0. The smallest absolute Gasteiger partial charge is 0.264 e. The Hall–Kier alpha value is -0.780. The van der Waals surface area contributed by atoms with Crippen molar-refractivity contribution in [1.29, 1.82) is 0 Å². The second-order valence-electron chi connectivity index (χ2n) is 5.24. The number of hydrogen-bond donors (Lipinski definition) is 0. The van der Waals surface area contributed by atoms with Gasteiger partial charge in [-0.1, -0.05) is 45.1 Å². The fraction of sp³-hybridized carbons (Fsp3) is 1.00. The Balaban J connectivity index is 0.00000191. The first-order chi connectivity index (χ1) is 9.96. The molecular formula is C14H29N3O3S. The highest BCUT2D eigenvalue weighted by Gasteiger charge is 2.27. The van der Waals surface area contributed by atoms with Crippen LogP contribution in [0.1, 0.15) is 65.7 Å².